The van der Waals surface area contributed by atoms with Crippen molar-refractivity contribution in [1.82, 2.24) is 4.98 Å². The normalized spacial score (nSPS) is 21.2. The number of carbonyl (C=O) groups is 1. The molecule has 4 heteroatoms. The van der Waals surface area contributed by atoms with Gasteiger partial charge in [0.15, 0.2) is 5.13 Å². The summed E-state index contributed by atoms with van der Waals surface area (Å²) in [5.74, 6) is 0.581. The summed E-state index contributed by atoms with van der Waals surface area (Å²) in [5.41, 5.74) is 2.25. The van der Waals surface area contributed by atoms with Gasteiger partial charge in [-0.1, -0.05) is 30.3 Å². The Morgan fingerprint density at radius 2 is 2.05 bits per heavy atom. The molecule has 3 nitrogen and oxygen atoms in total. The van der Waals surface area contributed by atoms with Gasteiger partial charge in [0.25, 0.3) is 0 Å². The Morgan fingerprint density at radius 1 is 1.32 bits per heavy atom. The number of aryl methyl sites for hydroxylation is 2. The van der Waals surface area contributed by atoms with Crippen LogP contribution in [0.15, 0.2) is 30.3 Å². The number of amides is 1. The van der Waals surface area contributed by atoms with E-state index < -0.39 is 0 Å². The minimum absolute atomic E-state index is 0.0996. The van der Waals surface area contributed by atoms with E-state index in [1.807, 2.05) is 32.0 Å². The minimum atomic E-state index is 0.0996. The van der Waals surface area contributed by atoms with Gasteiger partial charge in [0.2, 0.25) is 5.91 Å². The van der Waals surface area contributed by atoms with Crippen LogP contribution in [0.5, 0.6) is 0 Å². The van der Waals surface area contributed by atoms with Crippen LogP contribution in [-0.2, 0) is 4.79 Å². The maximum absolute atomic E-state index is 12.1. The number of aromatic nitrogens is 1. The Bertz CT molecular complexity index is 586. The van der Waals surface area contributed by atoms with Crippen molar-refractivity contribution in [2.75, 3.05) is 5.32 Å². The van der Waals surface area contributed by atoms with Crippen molar-refractivity contribution in [2.24, 2.45) is 5.92 Å². The summed E-state index contributed by atoms with van der Waals surface area (Å²) < 4.78 is 0. The molecule has 1 heterocycles. The van der Waals surface area contributed by atoms with Gasteiger partial charge in [0.05, 0.1) is 5.69 Å². The number of rotatable bonds is 3. The fourth-order valence-corrected chi connectivity index (χ4v) is 3.10. The Labute approximate surface area is 116 Å². The lowest BCUT2D eigenvalue weighted by atomic mass is 10.1. The van der Waals surface area contributed by atoms with Gasteiger partial charge in [-0.2, -0.15) is 0 Å². The van der Waals surface area contributed by atoms with Gasteiger partial charge in [-0.15, -0.1) is 11.3 Å². The summed E-state index contributed by atoms with van der Waals surface area (Å²) in [5, 5.41) is 3.65. The zero-order chi connectivity index (χ0) is 13.4. The van der Waals surface area contributed by atoms with Gasteiger partial charge >= 0.3 is 0 Å². The van der Waals surface area contributed by atoms with Crippen LogP contribution in [0.4, 0.5) is 5.13 Å². The van der Waals surface area contributed by atoms with Gasteiger partial charge in [-0.25, -0.2) is 4.98 Å². The summed E-state index contributed by atoms with van der Waals surface area (Å²) >= 11 is 1.54. The van der Waals surface area contributed by atoms with E-state index in [9.17, 15) is 4.79 Å². The first-order valence-corrected chi connectivity index (χ1v) is 7.26. The van der Waals surface area contributed by atoms with Crippen LogP contribution in [0.2, 0.25) is 0 Å². The van der Waals surface area contributed by atoms with E-state index in [4.69, 9.17) is 0 Å². The highest BCUT2D eigenvalue weighted by molar-refractivity contribution is 7.15. The lowest BCUT2D eigenvalue weighted by Gasteiger charge is -2.01. The monoisotopic (exact) mass is 272 g/mol. The fraction of sp³-hybridized carbons (Fsp3) is 0.333. The van der Waals surface area contributed by atoms with Crippen molar-refractivity contribution >= 4 is 22.4 Å². The molecule has 3 rings (SSSR count). The average molecular weight is 272 g/mol. The largest absolute Gasteiger partial charge is 0.302 e. The van der Waals surface area contributed by atoms with Crippen LogP contribution in [-0.4, -0.2) is 10.9 Å². The molecule has 0 saturated heterocycles. The summed E-state index contributed by atoms with van der Waals surface area (Å²) in [6, 6.07) is 10.2. The summed E-state index contributed by atoms with van der Waals surface area (Å²) in [4.78, 5) is 17.6. The van der Waals surface area contributed by atoms with Crippen molar-refractivity contribution in [3.05, 3.63) is 46.5 Å². The zero-order valence-corrected chi connectivity index (χ0v) is 11.8. The van der Waals surface area contributed by atoms with Crippen LogP contribution in [0.3, 0.4) is 0 Å². The lowest BCUT2D eigenvalue weighted by Crippen LogP contribution is -2.14. The van der Waals surface area contributed by atoms with E-state index in [2.05, 4.69) is 22.4 Å². The highest BCUT2D eigenvalue weighted by Gasteiger charge is 2.44. The van der Waals surface area contributed by atoms with Crippen molar-refractivity contribution in [3.8, 4) is 0 Å². The molecule has 98 valence electrons. The minimum Gasteiger partial charge on any atom is -0.302 e. The molecule has 1 aliphatic carbocycles. The molecular formula is C15H16N2OS. The Balaban J connectivity index is 1.64. The molecule has 0 bridgehead atoms. The summed E-state index contributed by atoms with van der Waals surface area (Å²) in [6.07, 6.45) is 0.944. The molecule has 1 saturated carbocycles. The van der Waals surface area contributed by atoms with Crippen molar-refractivity contribution < 1.29 is 4.79 Å². The molecule has 2 aromatic rings. The molecule has 1 amide bonds. The SMILES string of the molecule is Cc1nc(NC(=O)[C@@H]2C[C@@H]2c2ccccc2)sc1C. The van der Waals surface area contributed by atoms with Gasteiger partial charge in [-0.05, 0) is 31.7 Å². The number of hydrogen-bond donors (Lipinski definition) is 1. The Kier molecular flexibility index (Phi) is 3.11. The molecule has 1 aliphatic rings. The average Bonchev–Trinajstić information content (AvgIpc) is 3.14. The lowest BCUT2D eigenvalue weighted by molar-refractivity contribution is -0.117. The van der Waals surface area contributed by atoms with Gasteiger partial charge < -0.3 is 5.32 Å². The van der Waals surface area contributed by atoms with Gasteiger partial charge in [0, 0.05) is 10.8 Å². The molecule has 0 spiro atoms. The number of carbonyl (C=O) groups excluding carboxylic acids is 1. The Morgan fingerprint density at radius 3 is 2.68 bits per heavy atom. The topological polar surface area (TPSA) is 42.0 Å². The first-order chi connectivity index (χ1) is 9.15. The van der Waals surface area contributed by atoms with E-state index in [0.29, 0.717) is 5.92 Å². The van der Waals surface area contributed by atoms with Crippen LogP contribution < -0.4 is 5.32 Å². The van der Waals surface area contributed by atoms with E-state index in [-0.39, 0.29) is 11.8 Å². The molecule has 19 heavy (non-hydrogen) atoms. The summed E-state index contributed by atoms with van der Waals surface area (Å²) in [6.45, 7) is 3.98. The molecule has 1 aromatic heterocycles. The third kappa shape index (κ3) is 2.54. The maximum atomic E-state index is 12.1. The number of nitrogens with one attached hydrogen (secondary N) is 1. The van der Waals surface area contributed by atoms with Crippen molar-refractivity contribution in [2.45, 2.75) is 26.2 Å². The number of anilines is 1. The third-order valence-corrected chi connectivity index (χ3v) is 4.60. The smallest absolute Gasteiger partial charge is 0.229 e. The van der Waals surface area contributed by atoms with E-state index >= 15 is 0 Å². The van der Waals surface area contributed by atoms with E-state index in [1.165, 1.54) is 5.56 Å². The number of benzene rings is 1. The van der Waals surface area contributed by atoms with Crippen molar-refractivity contribution in [3.63, 3.8) is 0 Å². The predicted molar refractivity (Wildman–Crippen MR) is 77.5 cm³/mol. The van der Waals surface area contributed by atoms with Crippen LogP contribution >= 0.6 is 11.3 Å². The highest BCUT2D eigenvalue weighted by Crippen LogP contribution is 2.47. The molecule has 0 unspecified atom stereocenters. The third-order valence-electron chi connectivity index (χ3n) is 3.61. The first-order valence-electron chi connectivity index (χ1n) is 6.45. The molecule has 1 N–H and O–H groups in total. The van der Waals surface area contributed by atoms with Crippen molar-refractivity contribution in [1.29, 1.82) is 0 Å². The Hall–Kier alpha value is -1.68. The zero-order valence-electron chi connectivity index (χ0n) is 11.0. The second-order valence-corrected chi connectivity index (χ2v) is 6.21. The van der Waals surface area contributed by atoms with E-state index in [1.54, 1.807) is 11.3 Å². The molecule has 1 fully saturated rings. The standard InChI is InChI=1S/C15H16N2OS/c1-9-10(2)19-15(16-9)17-14(18)13-8-12(13)11-6-4-3-5-7-11/h3-7,12-13H,8H2,1-2H3,(H,16,17,18)/t12-,13-/m1/s1. The van der Waals surface area contributed by atoms with Crippen LogP contribution in [0, 0.1) is 19.8 Å². The fourth-order valence-electron chi connectivity index (χ4n) is 2.28. The van der Waals surface area contributed by atoms with Gasteiger partial charge in [0.1, 0.15) is 0 Å². The van der Waals surface area contributed by atoms with Crippen LogP contribution in [0.25, 0.3) is 0 Å². The number of hydrogen-bond acceptors (Lipinski definition) is 3. The molecule has 0 aliphatic heterocycles. The first kappa shape index (κ1) is 12.4. The highest BCUT2D eigenvalue weighted by atomic mass is 32.1. The second-order valence-electron chi connectivity index (χ2n) is 5.01. The number of nitrogens with zero attached hydrogens (tertiary/aromatic N) is 1. The summed E-state index contributed by atoms with van der Waals surface area (Å²) in [7, 11) is 0. The molecule has 0 radical (unpaired) electrons. The molecule has 1 aromatic carbocycles. The molecular weight excluding hydrogens is 256 g/mol. The second kappa shape index (κ2) is 4.78. The quantitative estimate of drug-likeness (QED) is 0.929. The number of thiazole rings is 1. The van der Waals surface area contributed by atoms with Crippen LogP contribution in [0.1, 0.15) is 28.5 Å². The molecule has 2 atom stereocenters. The maximum Gasteiger partial charge on any atom is 0.229 e. The van der Waals surface area contributed by atoms with Gasteiger partial charge in [-0.3, -0.25) is 4.79 Å². The predicted octanol–water partition coefficient (Wildman–Crippen LogP) is 3.50. The van der Waals surface area contributed by atoms with E-state index in [0.717, 1.165) is 22.1 Å².